The molecule has 2 nitrogen and oxygen atoms in total. The van der Waals surface area contributed by atoms with Gasteiger partial charge in [-0.1, -0.05) is 101 Å². The fourth-order valence-corrected chi connectivity index (χ4v) is 11.8. The SMILES string of the molecule is C=C(C)[C@@]12CC[C@@H](C)[C@@H](C=O)[C@@H]1[C@@H](O[Si](c1ccccc1)(c1ccccc1)C(C)(C)C)CC2. The molecule has 4 rings (SSSR count). The van der Waals surface area contributed by atoms with Crippen molar-refractivity contribution in [2.75, 3.05) is 0 Å². The van der Waals surface area contributed by atoms with Gasteiger partial charge in [0.05, 0.1) is 6.10 Å². The standard InChI is InChI=1S/C30H40O2Si/c1-22(2)30-19-17-23(3)26(21-31)28(30)27(18-20-30)32-33(29(4,5)6,24-13-9-7-10-14-24)25-15-11-8-12-16-25/h7-16,21,23,26-28H,1,17-20H2,2-6H3/t23-,26-,27+,28-,30+/m1/s1. The van der Waals surface area contributed by atoms with Crippen LogP contribution in [0.5, 0.6) is 0 Å². The lowest BCUT2D eigenvalue weighted by Crippen LogP contribution is -2.68. The molecular weight excluding hydrogens is 420 g/mol. The second kappa shape index (κ2) is 9.00. The topological polar surface area (TPSA) is 26.3 Å². The lowest BCUT2D eigenvalue weighted by Gasteiger charge is -2.51. The van der Waals surface area contributed by atoms with Gasteiger partial charge < -0.3 is 9.22 Å². The first-order valence-electron chi connectivity index (χ1n) is 12.6. The van der Waals surface area contributed by atoms with Crippen LogP contribution in [0.25, 0.3) is 0 Å². The minimum Gasteiger partial charge on any atom is -0.404 e. The summed E-state index contributed by atoms with van der Waals surface area (Å²) in [4.78, 5) is 12.5. The summed E-state index contributed by atoms with van der Waals surface area (Å²) >= 11 is 0. The Bertz CT molecular complexity index is 938. The lowest BCUT2D eigenvalue weighted by molar-refractivity contribution is -0.120. The van der Waals surface area contributed by atoms with Crippen LogP contribution in [0, 0.1) is 23.2 Å². The van der Waals surface area contributed by atoms with Gasteiger partial charge in [0.15, 0.2) is 0 Å². The molecule has 5 atom stereocenters. The lowest BCUT2D eigenvalue weighted by atomic mass is 9.57. The number of hydrogen-bond acceptors (Lipinski definition) is 2. The van der Waals surface area contributed by atoms with E-state index >= 15 is 0 Å². The van der Waals surface area contributed by atoms with Crippen molar-refractivity contribution in [3.05, 3.63) is 72.8 Å². The number of rotatable bonds is 6. The normalized spacial score (nSPS) is 30.0. The fourth-order valence-electron chi connectivity index (χ4n) is 7.02. The van der Waals surface area contributed by atoms with E-state index in [0.717, 1.165) is 25.7 Å². The number of allylic oxidation sites excluding steroid dienone is 1. The van der Waals surface area contributed by atoms with Crippen LogP contribution >= 0.6 is 0 Å². The zero-order chi connectivity index (χ0) is 23.9. The molecule has 0 heterocycles. The molecule has 0 saturated heterocycles. The van der Waals surface area contributed by atoms with E-state index in [1.165, 1.54) is 22.2 Å². The summed E-state index contributed by atoms with van der Waals surface area (Å²) in [6, 6.07) is 21.7. The van der Waals surface area contributed by atoms with Crippen LogP contribution in [0.15, 0.2) is 72.8 Å². The molecule has 2 aromatic carbocycles. The van der Waals surface area contributed by atoms with Gasteiger partial charge in [-0.3, -0.25) is 0 Å². The third kappa shape index (κ3) is 3.87. The molecule has 2 saturated carbocycles. The Kier molecular flexibility index (Phi) is 6.59. The van der Waals surface area contributed by atoms with E-state index in [1.807, 2.05) is 0 Å². The van der Waals surface area contributed by atoms with Crippen LogP contribution in [0.1, 0.15) is 60.3 Å². The number of aldehydes is 1. The van der Waals surface area contributed by atoms with Gasteiger partial charge in [-0.25, -0.2) is 0 Å². The predicted molar refractivity (Wildman–Crippen MR) is 140 cm³/mol. The van der Waals surface area contributed by atoms with Gasteiger partial charge in [-0.05, 0) is 59.4 Å². The Balaban J connectivity index is 1.88. The minimum absolute atomic E-state index is 0.0220. The Morgan fingerprint density at radius 3 is 1.97 bits per heavy atom. The van der Waals surface area contributed by atoms with Crippen molar-refractivity contribution in [3.8, 4) is 0 Å². The summed E-state index contributed by atoms with van der Waals surface area (Å²) in [7, 11) is -2.67. The molecule has 0 aromatic heterocycles. The molecule has 0 amide bonds. The number of benzene rings is 2. The Morgan fingerprint density at radius 1 is 1.00 bits per heavy atom. The monoisotopic (exact) mass is 460 g/mol. The molecule has 0 N–H and O–H groups in total. The fraction of sp³-hybridized carbons (Fsp3) is 0.500. The van der Waals surface area contributed by atoms with Crippen LogP contribution < -0.4 is 10.4 Å². The van der Waals surface area contributed by atoms with Gasteiger partial charge in [-0.15, -0.1) is 0 Å². The van der Waals surface area contributed by atoms with Gasteiger partial charge in [0, 0.05) is 11.8 Å². The van der Waals surface area contributed by atoms with Crippen molar-refractivity contribution < 1.29 is 9.22 Å². The zero-order valence-electron chi connectivity index (χ0n) is 21.0. The molecule has 33 heavy (non-hydrogen) atoms. The highest BCUT2D eigenvalue weighted by molar-refractivity contribution is 6.99. The van der Waals surface area contributed by atoms with Crippen molar-refractivity contribution in [1.29, 1.82) is 0 Å². The molecule has 0 aliphatic heterocycles. The maximum Gasteiger partial charge on any atom is 0.261 e. The number of carbonyl (C=O) groups is 1. The van der Waals surface area contributed by atoms with E-state index in [9.17, 15) is 4.79 Å². The van der Waals surface area contributed by atoms with Crippen molar-refractivity contribution in [2.24, 2.45) is 23.2 Å². The molecule has 2 fully saturated rings. The van der Waals surface area contributed by atoms with Gasteiger partial charge in [0.2, 0.25) is 0 Å². The summed E-state index contributed by atoms with van der Waals surface area (Å²) in [5, 5.41) is 2.55. The molecule has 176 valence electrons. The number of hydrogen-bond donors (Lipinski definition) is 0. The Hall–Kier alpha value is -1.97. The van der Waals surface area contributed by atoms with Crippen LogP contribution in [-0.4, -0.2) is 20.7 Å². The van der Waals surface area contributed by atoms with Gasteiger partial charge >= 0.3 is 0 Å². The zero-order valence-corrected chi connectivity index (χ0v) is 22.0. The van der Waals surface area contributed by atoms with Crippen LogP contribution in [0.3, 0.4) is 0 Å². The van der Waals surface area contributed by atoms with Crippen molar-refractivity contribution in [3.63, 3.8) is 0 Å². The first-order chi connectivity index (χ1) is 15.7. The summed E-state index contributed by atoms with van der Waals surface area (Å²) in [5.41, 5.74) is 1.26. The van der Waals surface area contributed by atoms with E-state index in [-0.39, 0.29) is 28.4 Å². The summed E-state index contributed by atoms with van der Waals surface area (Å²) in [6.07, 6.45) is 5.59. The van der Waals surface area contributed by atoms with Gasteiger partial charge in [0.1, 0.15) is 6.29 Å². The molecular formula is C30H40O2Si. The molecule has 3 heteroatoms. The number of fused-ring (bicyclic) bond motifs is 1. The van der Waals surface area contributed by atoms with E-state index in [4.69, 9.17) is 4.43 Å². The molecule has 0 bridgehead atoms. The summed E-state index contributed by atoms with van der Waals surface area (Å²) < 4.78 is 7.60. The molecule has 2 aliphatic carbocycles. The van der Waals surface area contributed by atoms with Crippen molar-refractivity contribution in [1.82, 2.24) is 0 Å². The van der Waals surface area contributed by atoms with Crippen molar-refractivity contribution in [2.45, 2.75) is 71.4 Å². The maximum absolute atomic E-state index is 12.5. The van der Waals surface area contributed by atoms with Crippen LogP contribution in [0.4, 0.5) is 0 Å². The van der Waals surface area contributed by atoms with E-state index in [0.29, 0.717) is 5.92 Å². The largest absolute Gasteiger partial charge is 0.404 e. The molecule has 2 aliphatic rings. The Morgan fingerprint density at radius 2 is 1.52 bits per heavy atom. The van der Waals surface area contributed by atoms with Crippen LogP contribution in [0.2, 0.25) is 5.04 Å². The second-order valence-corrected chi connectivity index (χ2v) is 15.8. The molecule has 0 unspecified atom stereocenters. The van der Waals surface area contributed by atoms with Crippen LogP contribution in [-0.2, 0) is 9.22 Å². The highest BCUT2D eigenvalue weighted by Gasteiger charge is 2.60. The second-order valence-electron chi connectivity index (χ2n) is 11.5. The van der Waals surface area contributed by atoms with Gasteiger partial charge in [-0.2, -0.15) is 0 Å². The van der Waals surface area contributed by atoms with E-state index < -0.39 is 8.32 Å². The predicted octanol–water partition coefficient (Wildman–Crippen LogP) is 6.15. The van der Waals surface area contributed by atoms with Crippen molar-refractivity contribution >= 4 is 25.0 Å². The maximum atomic E-state index is 12.5. The smallest absolute Gasteiger partial charge is 0.261 e. The third-order valence-electron chi connectivity index (χ3n) is 8.78. The summed E-state index contributed by atoms with van der Waals surface area (Å²) in [5.74, 6) is 0.627. The average molecular weight is 461 g/mol. The minimum atomic E-state index is -2.67. The average Bonchev–Trinajstić information content (AvgIpc) is 3.17. The van der Waals surface area contributed by atoms with E-state index in [2.05, 4.69) is 102 Å². The Labute approximate surface area is 201 Å². The molecule has 0 radical (unpaired) electrons. The number of carbonyl (C=O) groups excluding carboxylic acids is 1. The summed E-state index contributed by atoms with van der Waals surface area (Å²) in [6.45, 7) is 15.9. The highest BCUT2D eigenvalue weighted by atomic mass is 28.4. The van der Waals surface area contributed by atoms with E-state index in [1.54, 1.807) is 0 Å². The first-order valence-corrected chi connectivity index (χ1v) is 14.5. The third-order valence-corrected chi connectivity index (χ3v) is 13.8. The first kappa shape index (κ1) is 24.2. The van der Waals surface area contributed by atoms with Gasteiger partial charge in [0.25, 0.3) is 8.32 Å². The molecule has 0 spiro atoms. The highest BCUT2D eigenvalue weighted by Crippen LogP contribution is 2.60. The quantitative estimate of drug-likeness (QED) is 0.294. The molecule has 2 aromatic rings.